The average molecular weight is 478 g/mol. The maximum atomic E-state index is 12.8. The molecule has 1 aromatic heterocycles. The van der Waals surface area contributed by atoms with Crippen molar-refractivity contribution in [2.75, 3.05) is 18.4 Å². The second kappa shape index (κ2) is 9.47. The van der Waals surface area contributed by atoms with E-state index >= 15 is 0 Å². The number of nitro benzene ring substituents is 1. The third kappa shape index (κ3) is 4.79. The van der Waals surface area contributed by atoms with Gasteiger partial charge in [-0.05, 0) is 30.3 Å². The van der Waals surface area contributed by atoms with Crippen molar-refractivity contribution in [3.8, 4) is 5.69 Å². The minimum absolute atomic E-state index is 0.0564. The molecule has 2 aromatic carbocycles. The SMILES string of the molecule is CCN(CC)S(=O)(=O)c1cc(NC(=O)c2cnn(-c3ccc([N+](=O)[O-])cc3)c2)ccc1Cl. The van der Waals surface area contributed by atoms with Crippen LogP contribution in [0.5, 0.6) is 0 Å². The molecule has 1 heterocycles. The van der Waals surface area contributed by atoms with Gasteiger partial charge in [-0.1, -0.05) is 25.4 Å². The van der Waals surface area contributed by atoms with Gasteiger partial charge in [-0.25, -0.2) is 13.1 Å². The predicted octanol–water partition coefficient (Wildman–Crippen LogP) is 3.72. The van der Waals surface area contributed by atoms with Crippen LogP contribution in [0.3, 0.4) is 0 Å². The highest BCUT2D eigenvalue weighted by Gasteiger charge is 2.25. The van der Waals surface area contributed by atoms with Crippen LogP contribution in [0.4, 0.5) is 11.4 Å². The smallest absolute Gasteiger partial charge is 0.269 e. The minimum atomic E-state index is -3.81. The van der Waals surface area contributed by atoms with E-state index in [9.17, 15) is 23.3 Å². The topological polar surface area (TPSA) is 127 Å². The lowest BCUT2D eigenvalue weighted by Crippen LogP contribution is -2.30. The number of halogens is 1. The Morgan fingerprint density at radius 3 is 2.44 bits per heavy atom. The Kier molecular flexibility index (Phi) is 6.92. The molecule has 12 heteroatoms. The van der Waals surface area contributed by atoms with Crippen LogP contribution in [-0.2, 0) is 10.0 Å². The number of non-ortho nitro benzene ring substituents is 1. The Morgan fingerprint density at radius 1 is 1.19 bits per heavy atom. The van der Waals surface area contributed by atoms with Crippen molar-refractivity contribution in [3.05, 3.63) is 75.6 Å². The lowest BCUT2D eigenvalue weighted by Gasteiger charge is -2.19. The molecule has 0 atom stereocenters. The molecule has 168 valence electrons. The van der Waals surface area contributed by atoms with E-state index in [-0.39, 0.29) is 39.9 Å². The van der Waals surface area contributed by atoms with E-state index in [0.29, 0.717) is 5.69 Å². The fraction of sp³-hybridized carbons (Fsp3) is 0.200. The molecule has 3 rings (SSSR count). The molecule has 0 aliphatic rings. The molecule has 0 radical (unpaired) electrons. The Labute approximate surface area is 189 Å². The van der Waals surface area contributed by atoms with Gasteiger partial charge < -0.3 is 5.32 Å². The molecule has 32 heavy (non-hydrogen) atoms. The molecule has 0 fully saturated rings. The van der Waals surface area contributed by atoms with Crippen LogP contribution >= 0.6 is 11.6 Å². The average Bonchev–Trinajstić information content (AvgIpc) is 3.26. The molecule has 1 amide bonds. The second-order valence-corrected chi connectivity index (χ2v) is 8.95. The van der Waals surface area contributed by atoms with Gasteiger partial charge in [0.15, 0.2) is 0 Å². The summed E-state index contributed by atoms with van der Waals surface area (Å²) in [4.78, 5) is 22.8. The number of sulfonamides is 1. The van der Waals surface area contributed by atoms with E-state index in [1.54, 1.807) is 13.8 Å². The van der Waals surface area contributed by atoms with Crippen molar-refractivity contribution in [3.63, 3.8) is 0 Å². The van der Waals surface area contributed by atoms with Crippen molar-refractivity contribution < 1.29 is 18.1 Å². The van der Waals surface area contributed by atoms with Crippen molar-refractivity contribution in [1.82, 2.24) is 14.1 Å². The first-order chi connectivity index (χ1) is 15.2. The zero-order valence-electron chi connectivity index (χ0n) is 17.2. The number of hydrogen-bond acceptors (Lipinski definition) is 6. The van der Waals surface area contributed by atoms with Gasteiger partial charge in [0.2, 0.25) is 10.0 Å². The Morgan fingerprint density at radius 2 is 1.84 bits per heavy atom. The molecule has 0 unspecified atom stereocenters. The van der Waals surface area contributed by atoms with Gasteiger partial charge in [-0.3, -0.25) is 14.9 Å². The van der Waals surface area contributed by atoms with Gasteiger partial charge in [0.1, 0.15) is 4.90 Å². The van der Waals surface area contributed by atoms with Crippen molar-refractivity contribution >= 4 is 38.9 Å². The number of hydrogen-bond donors (Lipinski definition) is 1. The fourth-order valence-electron chi connectivity index (χ4n) is 2.99. The van der Waals surface area contributed by atoms with E-state index < -0.39 is 20.9 Å². The molecular weight excluding hydrogens is 458 g/mol. The maximum absolute atomic E-state index is 12.8. The monoisotopic (exact) mass is 477 g/mol. The Balaban J connectivity index is 1.82. The summed E-state index contributed by atoms with van der Waals surface area (Å²) >= 11 is 6.12. The molecule has 0 bridgehead atoms. The summed E-state index contributed by atoms with van der Waals surface area (Å²) in [6, 6.07) is 9.92. The summed E-state index contributed by atoms with van der Waals surface area (Å²) in [5, 5.41) is 17.6. The van der Waals surface area contributed by atoms with Crippen LogP contribution < -0.4 is 5.32 Å². The molecule has 0 saturated carbocycles. The maximum Gasteiger partial charge on any atom is 0.269 e. The van der Waals surface area contributed by atoms with E-state index in [4.69, 9.17) is 11.6 Å². The lowest BCUT2D eigenvalue weighted by molar-refractivity contribution is -0.384. The van der Waals surface area contributed by atoms with Gasteiger partial charge >= 0.3 is 0 Å². The highest BCUT2D eigenvalue weighted by molar-refractivity contribution is 7.89. The summed E-state index contributed by atoms with van der Waals surface area (Å²) in [5.41, 5.74) is 0.950. The summed E-state index contributed by atoms with van der Waals surface area (Å²) in [6.07, 6.45) is 2.79. The standard InChI is InChI=1S/C20H20ClN5O5S/c1-3-24(4-2)32(30,31)19-11-15(5-10-18(19)21)23-20(27)14-12-22-25(13-14)16-6-8-17(9-7-16)26(28)29/h5-13H,3-4H2,1-2H3,(H,23,27). The number of nitrogens with one attached hydrogen (secondary N) is 1. The Hall–Kier alpha value is -3.28. The molecule has 1 N–H and O–H groups in total. The van der Waals surface area contributed by atoms with Crippen LogP contribution in [0.25, 0.3) is 5.69 Å². The normalized spacial score (nSPS) is 11.5. The van der Waals surface area contributed by atoms with Crippen LogP contribution in [0.1, 0.15) is 24.2 Å². The van der Waals surface area contributed by atoms with E-state index in [0.717, 1.165) is 0 Å². The molecular formula is C20H20ClN5O5S. The number of nitro groups is 1. The third-order valence-electron chi connectivity index (χ3n) is 4.68. The van der Waals surface area contributed by atoms with Crippen molar-refractivity contribution in [2.24, 2.45) is 0 Å². The fourth-order valence-corrected chi connectivity index (χ4v) is 4.95. The number of rotatable bonds is 8. The van der Waals surface area contributed by atoms with E-state index in [2.05, 4.69) is 10.4 Å². The zero-order valence-corrected chi connectivity index (χ0v) is 18.8. The number of benzene rings is 2. The summed E-state index contributed by atoms with van der Waals surface area (Å²) in [5.74, 6) is -0.508. The largest absolute Gasteiger partial charge is 0.322 e. The van der Waals surface area contributed by atoms with E-state index in [1.165, 1.54) is 63.8 Å². The molecule has 3 aromatic rings. The number of aromatic nitrogens is 2. The Bertz CT molecular complexity index is 1250. The van der Waals surface area contributed by atoms with Crippen molar-refractivity contribution in [1.29, 1.82) is 0 Å². The number of amides is 1. The van der Waals surface area contributed by atoms with Gasteiger partial charge in [-0.15, -0.1) is 0 Å². The minimum Gasteiger partial charge on any atom is -0.322 e. The van der Waals surface area contributed by atoms with Gasteiger partial charge in [0, 0.05) is 37.1 Å². The second-order valence-electron chi connectivity index (χ2n) is 6.64. The predicted molar refractivity (Wildman–Crippen MR) is 120 cm³/mol. The highest BCUT2D eigenvalue weighted by Crippen LogP contribution is 2.28. The van der Waals surface area contributed by atoms with E-state index in [1.807, 2.05) is 0 Å². The molecule has 0 saturated heterocycles. The number of anilines is 1. The van der Waals surface area contributed by atoms with Crippen LogP contribution in [0.15, 0.2) is 59.8 Å². The van der Waals surface area contributed by atoms with Gasteiger partial charge in [0.05, 0.1) is 27.4 Å². The number of carbonyl (C=O) groups excluding carboxylic acids is 1. The van der Waals surface area contributed by atoms with Crippen LogP contribution in [0.2, 0.25) is 5.02 Å². The summed E-state index contributed by atoms with van der Waals surface area (Å²) < 4.78 is 28.3. The first kappa shape index (κ1) is 23.4. The van der Waals surface area contributed by atoms with Crippen molar-refractivity contribution in [2.45, 2.75) is 18.7 Å². The summed E-state index contributed by atoms with van der Waals surface area (Å²) in [7, 11) is -3.81. The zero-order chi connectivity index (χ0) is 23.5. The summed E-state index contributed by atoms with van der Waals surface area (Å²) in [6.45, 7) is 4.02. The number of nitrogens with zero attached hydrogens (tertiary/aromatic N) is 4. The van der Waals surface area contributed by atoms with Gasteiger partial charge in [-0.2, -0.15) is 9.40 Å². The first-order valence-electron chi connectivity index (χ1n) is 9.58. The molecule has 0 aliphatic heterocycles. The molecule has 0 aliphatic carbocycles. The van der Waals surface area contributed by atoms with Crippen LogP contribution in [0, 0.1) is 10.1 Å². The quantitative estimate of drug-likeness (QED) is 0.389. The highest BCUT2D eigenvalue weighted by atomic mass is 35.5. The molecule has 10 nitrogen and oxygen atoms in total. The first-order valence-corrected chi connectivity index (χ1v) is 11.4. The third-order valence-corrected chi connectivity index (χ3v) is 7.21. The lowest BCUT2D eigenvalue weighted by atomic mass is 10.2. The molecule has 0 spiro atoms. The van der Waals surface area contributed by atoms with Crippen LogP contribution in [-0.4, -0.2) is 46.4 Å². The van der Waals surface area contributed by atoms with Gasteiger partial charge in [0.25, 0.3) is 11.6 Å². The number of carbonyl (C=O) groups is 1.